The molecule has 0 aliphatic carbocycles. The lowest BCUT2D eigenvalue weighted by atomic mass is 10.1. The second-order valence-corrected chi connectivity index (χ2v) is 3.63. The molecule has 1 atom stereocenters. The van der Waals surface area contributed by atoms with Crippen LogP contribution in [0.2, 0.25) is 0 Å². The van der Waals surface area contributed by atoms with Crippen molar-refractivity contribution in [1.29, 1.82) is 5.26 Å². The first-order valence-corrected chi connectivity index (χ1v) is 5.24. The van der Waals surface area contributed by atoms with E-state index in [9.17, 15) is 9.18 Å². The molecule has 0 bridgehead atoms. The van der Waals surface area contributed by atoms with Gasteiger partial charge >= 0.3 is 5.97 Å². The maximum atomic E-state index is 12.9. The van der Waals surface area contributed by atoms with Gasteiger partial charge in [0.2, 0.25) is 0 Å². The number of carboxylic acid groups (broad SMARTS) is 1. The third kappa shape index (κ3) is 3.45. The highest BCUT2D eigenvalue weighted by Crippen LogP contribution is 2.17. The number of carboxylic acids is 1. The predicted molar refractivity (Wildman–Crippen MR) is 61.0 cm³/mol. The summed E-state index contributed by atoms with van der Waals surface area (Å²) in [5.41, 5.74) is 0.624. The van der Waals surface area contributed by atoms with Gasteiger partial charge in [0.25, 0.3) is 0 Å². The van der Waals surface area contributed by atoms with Gasteiger partial charge < -0.3 is 10.4 Å². The molecule has 5 heteroatoms. The van der Waals surface area contributed by atoms with Crippen LogP contribution in [0.5, 0.6) is 0 Å². The lowest BCUT2D eigenvalue weighted by Crippen LogP contribution is -2.22. The molecule has 1 rings (SSSR count). The van der Waals surface area contributed by atoms with Crippen LogP contribution in [-0.2, 0) is 4.79 Å². The minimum absolute atomic E-state index is 0.172. The quantitative estimate of drug-likeness (QED) is 0.822. The minimum Gasteiger partial charge on any atom is -0.481 e. The standard InChI is InChI=1S/C12H13FN2O2/c1-2-8(12(16)17)7-15-11-4-3-10(13)5-9(11)6-14/h3-5,8,15H,2,7H2,1H3,(H,16,17). The molecule has 1 unspecified atom stereocenters. The van der Waals surface area contributed by atoms with Crippen LogP contribution >= 0.6 is 0 Å². The SMILES string of the molecule is CCC(CNc1ccc(F)cc1C#N)C(=O)O. The molecule has 0 saturated carbocycles. The van der Waals surface area contributed by atoms with E-state index in [0.29, 0.717) is 12.1 Å². The van der Waals surface area contributed by atoms with E-state index in [0.717, 1.165) is 6.07 Å². The maximum Gasteiger partial charge on any atom is 0.308 e. The Bertz CT molecular complexity index is 454. The molecule has 0 spiro atoms. The zero-order valence-corrected chi connectivity index (χ0v) is 9.40. The van der Waals surface area contributed by atoms with Crippen molar-refractivity contribution in [3.8, 4) is 6.07 Å². The van der Waals surface area contributed by atoms with Gasteiger partial charge in [0.1, 0.15) is 11.9 Å². The second-order valence-electron chi connectivity index (χ2n) is 3.63. The molecular formula is C12H13FN2O2. The van der Waals surface area contributed by atoms with Gasteiger partial charge in [-0.3, -0.25) is 4.79 Å². The molecule has 0 amide bonds. The largest absolute Gasteiger partial charge is 0.481 e. The van der Waals surface area contributed by atoms with Crippen LogP contribution in [0.4, 0.5) is 10.1 Å². The first-order chi connectivity index (χ1) is 8.08. The average molecular weight is 236 g/mol. The van der Waals surface area contributed by atoms with E-state index in [1.807, 2.05) is 6.07 Å². The molecule has 0 heterocycles. The number of nitrogens with zero attached hydrogens (tertiary/aromatic N) is 1. The number of benzene rings is 1. The third-order valence-corrected chi connectivity index (χ3v) is 2.48. The number of carbonyl (C=O) groups is 1. The van der Waals surface area contributed by atoms with E-state index in [4.69, 9.17) is 10.4 Å². The molecule has 0 fully saturated rings. The van der Waals surface area contributed by atoms with Gasteiger partial charge in [-0.05, 0) is 24.6 Å². The van der Waals surface area contributed by atoms with E-state index in [1.165, 1.54) is 12.1 Å². The monoisotopic (exact) mass is 236 g/mol. The minimum atomic E-state index is -0.888. The first kappa shape index (κ1) is 13.0. The Labute approximate surface area is 98.7 Å². The normalized spacial score (nSPS) is 11.6. The van der Waals surface area contributed by atoms with Crippen molar-refractivity contribution in [2.45, 2.75) is 13.3 Å². The summed E-state index contributed by atoms with van der Waals surface area (Å²) in [7, 11) is 0. The Morgan fingerprint density at radius 3 is 2.88 bits per heavy atom. The topological polar surface area (TPSA) is 73.1 Å². The molecule has 0 saturated heterocycles. The number of anilines is 1. The molecular weight excluding hydrogens is 223 g/mol. The summed E-state index contributed by atoms with van der Waals surface area (Å²) < 4.78 is 12.9. The highest BCUT2D eigenvalue weighted by Gasteiger charge is 2.15. The van der Waals surface area contributed by atoms with Crippen molar-refractivity contribution in [2.24, 2.45) is 5.92 Å². The zero-order valence-electron chi connectivity index (χ0n) is 9.40. The van der Waals surface area contributed by atoms with Gasteiger partial charge in [0.05, 0.1) is 17.2 Å². The number of nitrogens with one attached hydrogen (secondary N) is 1. The molecule has 90 valence electrons. The molecule has 1 aromatic carbocycles. The molecule has 0 aromatic heterocycles. The Hall–Kier alpha value is -2.09. The van der Waals surface area contributed by atoms with Crippen LogP contribution in [0.15, 0.2) is 18.2 Å². The van der Waals surface area contributed by atoms with E-state index in [2.05, 4.69) is 5.32 Å². The maximum absolute atomic E-state index is 12.9. The van der Waals surface area contributed by atoms with Gasteiger partial charge in [0, 0.05) is 6.54 Å². The van der Waals surface area contributed by atoms with Gasteiger partial charge in [-0.2, -0.15) is 5.26 Å². The highest BCUT2D eigenvalue weighted by atomic mass is 19.1. The van der Waals surface area contributed by atoms with Crippen molar-refractivity contribution in [3.05, 3.63) is 29.6 Å². The summed E-state index contributed by atoms with van der Waals surface area (Å²) in [4.78, 5) is 10.8. The van der Waals surface area contributed by atoms with Gasteiger partial charge in [-0.15, -0.1) is 0 Å². The fourth-order valence-corrected chi connectivity index (χ4v) is 1.40. The van der Waals surface area contributed by atoms with Crippen LogP contribution in [0.1, 0.15) is 18.9 Å². The summed E-state index contributed by atoms with van der Waals surface area (Å²) in [6.45, 7) is 1.99. The van der Waals surface area contributed by atoms with Gasteiger partial charge in [-0.1, -0.05) is 6.92 Å². The van der Waals surface area contributed by atoms with Crippen LogP contribution in [0, 0.1) is 23.1 Å². The summed E-state index contributed by atoms with van der Waals surface area (Å²) >= 11 is 0. The van der Waals surface area contributed by atoms with Crippen molar-refractivity contribution >= 4 is 11.7 Å². The number of nitriles is 1. The molecule has 2 N–H and O–H groups in total. The highest BCUT2D eigenvalue weighted by molar-refractivity contribution is 5.71. The molecule has 0 aliphatic heterocycles. The summed E-state index contributed by atoms with van der Waals surface area (Å²) in [6, 6.07) is 5.63. The van der Waals surface area contributed by atoms with E-state index < -0.39 is 17.7 Å². The van der Waals surface area contributed by atoms with E-state index in [-0.39, 0.29) is 12.1 Å². The van der Waals surface area contributed by atoms with E-state index in [1.54, 1.807) is 6.92 Å². The Morgan fingerprint density at radius 1 is 1.65 bits per heavy atom. The number of hydrogen-bond donors (Lipinski definition) is 2. The van der Waals surface area contributed by atoms with Crippen molar-refractivity contribution in [2.75, 3.05) is 11.9 Å². The third-order valence-electron chi connectivity index (χ3n) is 2.48. The van der Waals surface area contributed by atoms with Gasteiger partial charge in [-0.25, -0.2) is 4.39 Å². The van der Waals surface area contributed by atoms with Crippen LogP contribution in [0.25, 0.3) is 0 Å². The van der Waals surface area contributed by atoms with Gasteiger partial charge in [0.15, 0.2) is 0 Å². The predicted octanol–water partition coefficient (Wildman–Crippen LogP) is 2.22. The van der Waals surface area contributed by atoms with Crippen molar-refractivity contribution < 1.29 is 14.3 Å². The lowest BCUT2D eigenvalue weighted by Gasteiger charge is -2.13. The molecule has 0 radical (unpaired) electrons. The van der Waals surface area contributed by atoms with Crippen LogP contribution < -0.4 is 5.32 Å². The zero-order chi connectivity index (χ0) is 12.8. The first-order valence-electron chi connectivity index (χ1n) is 5.24. The Balaban J connectivity index is 2.76. The number of hydrogen-bond acceptors (Lipinski definition) is 3. The van der Waals surface area contributed by atoms with Crippen LogP contribution in [0.3, 0.4) is 0 Å². The van der Waals surface area contributed by atoms with Crippen molar-refractivity contribution in [3.63, 3.8) is 0 Å². The summed E-state index contributed by atoms with van der Waals surface area (Å²) in [5.74, 6) is -1.90. The summed E-state index contributed by atoms with van der Waals surface area (Å²) in [5, 5.41) is 20.5. The average Bonchev–Trinajstić information content (AvgIpc) is 2.31. The fourth-order valence-electron chi connectivity index (χ4n) is 1.40. The Kier molecular flexibility index (Phi) is 4.46. The molecule has 0 aliphatic rings. The van der Waals surface area contributed by atoms with Crippen molar-refractivity contribution in [1.82, 2.24) is 0 Å². The number of rotatable bonds is 5. The number of halogens is 1. The van der Waals surface area contributed by atoms with E-state index >= 15 is 0 Å². The smallest absolute Gasteiger partial charge is 0.308 e. The Morgan fingerprint density at radius 2 is 2.35 bits per heavy atom. The molecule has 4 nitrogen and oxygen atoms in total. The van der Waals surface area contributed by atoms with Crippen LogP contribution in [-0.4, -0.2) is 17.6 Å². The lowest BCUT2D eigenvalue weighted by molar-refractivity contribution is -0.141. The molecule has 17 heavy (non-hydrogen) atoms. The summed E-state index contributed by atoms with van der Waals surface area (Å²) in [6.07, 6.45) is 0.491. The molecule has 1 aromatic rings. The fraction of sp³-hybridized carbons (Fsp3) is 0.333. The second kappa shape index (κ2) is 5.85. The number of aliphatic carboxylic acids is 1.